The monoisotopic (exact) mass is 337 g/mol. The van der Waals surface area contributed by atoms with Gasteiger partial charge in [-0.05, 0) is 29.8 Å². The summed E-state index contributed by atoms with van der Waals surface area (Å²) in [7, 11) is 1.31. The highest BCUT2D eigenvalue weighted by Crippen LogP contribution is 2.10. The molecule has 0 aliphatic rings. The lowest BCUT2D eigenvalue weighted by atomic mass is 10.1. The first-order valence-corrected chi connectivity index (χ1v) is 7.49. The van der Waals surface area contributed by atoms with Gasteiger partial charge in [0.1, 0.15) is 6.61 Å². The Kier molecular flexibility index (Phi) is 4.84. The third-order valence-corrected chi connectivity index (χ3v) is 3.41. The van der Waals surface area contributed by atoms with Gasteiger partial charge in [0.2, 0.25) is 0 Å². The van der Waals surface area contributed by atoms with Crippen LogP contribution in [-0.4, -0.2) is 34.0 Å². The van der Waals surface area contributed by atoms with Crippen LogP contribution in [0.2, 0.25) is 0 Å². The number of ether oxygens (including phenoxy) is 2. The minimum absolute atomic E-state index is 0.0157. The Morgan fingerprint density at radius 3 is 2.60 bits per heavy atom. The molecule has 126 valence electrons. The van der Waals surface area contributed by atoms with E-state index in [0.29, 0.717) is 11.1 Å². The van der Waals surface area contributed by atoms with Crippen molar-refractivity contribution in [3.05, 3.63) is 77.6 Å². The molecule has 0 saturated carbocycles. The first-order chi connectivity index (χ1) is 12.2. The second-order valence-electron chi connectivity index (χ2n) is 5.12. The smallest absolute Gasteiger partial charge is 0.360 e. The molecule has 0 radical (unpaired) electrons. The molecule has 1 aromatic heterocycles. The fourth-order valence-corrected chi connectivity index (χ4v) is 2.17. The zero-order chi connectivity index (χ0) is 17.6. The number of carbonyl (C=O) groups excluding carboxylic acids is 2. The van der Waals surface area contributed by atoms with Crippen molar-refractivity contribution in [1.82, 2.24) is 15.0 Å². The molecular weight excluding hydrogens is 322 g/mol. The summed E-state index contributed by atoms with van der Waals surface area (Å²) in [6.07, 6.45) is 1.35. The lowest BCUT2D eigenvalue weighted by Gasteiger charge is -2.05. The molecule has 0 spiro atoms. The van der Waals surface area contributed by atoms with E-state index in [9.17, 15) is 9.59 Å². The Labute approximate surface area is 143 Å². The maximum absolute atomic E-state index is 12.1. The summed E-state index contributed by atoms with van der Waals surface area (Å²) in [6, 6.07) is 15.9. The first kappa shape index (κ1) is 16.4. The van der Waals surface area contributed by atoms with Crippen LogP contribution in [0.3, 0.4) is 0 Å². The predicted molar refractivity (Wildman–Crippen MR) is 88.3 cm³/mol. The fraction of sp³-hybridized carbons (Fsp3) is 0.111. The molecule has 0 N–H and O–H groups in total. The largest absolute Gasteiger partial charge is 0.465 e. The van der Waals surface area contributed by atoms with Gasteiger partial charge in [-0.1, -0.05) is 30.3 Å². The van der Waals surface area contributed by atoms with E-state index in [1.165, 1.54) is 18.1 Å². The van der Waals surface area contributed by atoms with E-state index in [1.54, 1.807) is 24.3 Å². The van der Waals surface area contributed by atoms with E-state index in [0.717, 1.165) is 5.69 Å². The molecule has 2 aromatic carbocycles. The van der Waals surface area contributed by atoms with Gasteiger partial charge in [-0.3, -0.25) is 0 Å². The maximum Gasteiger partial charge on any atom is 0.360 e. The predicted octanol–water partition coefficient (Wildman–Crippen LogP) is 2.41. The molecule has 0 amide bonds. The van der Waals surface area contributed by atoms with Crippen LogP contribution < -0.4 is 0 Å². The molecular formula is C18H15N3O4. The second-order valence-corrected chi connectivity index (χ2v) is 5.12. The third kappa shape index (κ3) is 3.89. The summed E-state index contributed by atoms with van der Waals surface area (Å²) in [5.74, 6) is -1.04. The number of hydrogen-bond donors (Lipinski definition) is 0. The molecule has 0 bridgehead atoms. The number of esters is 2. The number of para-hydroxylation sites is 1. The molecule has 0 fully saturated rings. The van der Waals surface area contributed by atoms with Gasteiger partial charge in [-0.2, -0.15) is 9.90 Å². The van der Waals surface area contributed by atoms with Crippen molar-refractivity contribution in [2.24, 2.45) is 0 Å². The number of carbonyl (C=O) groups is 2. The Hall–Kier alpha value is -3.48. The number of aromatic nitrogens is 3. The van der Waals surface area contributed by atoms with Crippen molar-refractivity contribution in [1.29, 1.82) is 0 Å². The normalized spacial score (nSPS) is 10.3. The number of rotatable bonds is 5. The van der Waals surface area contributed by atoms with E-state index in [1.807, 2.05) is 30.3 Å². The van der Waals surface area contributed by atoms with E-state index in [-0.39, 0.29) is 12.3 Å². The highest BCUT2D eigenvalue weighted by Gasteiger charge is 2.14. The van der Waals surface area contributed by atoms with E-state index >= 15 is 0 Å². The number of methoxy groups -OCH3 is 1. The van der Waals surface area contributed by atoms with Crippen LogP contribution >= 0.6 is 0 Å². The van der Waals surface area contributed by atoms with E-state index in [2.05, 4.69) is 14.9 Å². The summed E-state index contributed by atoms with van der Waals surface area (Å²) in [4.78, 5) is 25.0. The van der Waals surface area contributed by atoms with Crippen molar-refractivity contribution in [2.45, 2.75) is 6.61 Å². The molecule has 0 atom stereocenters. The molecule has 25 heavy (non-hydrogen) atoms. The lowest BCUT2D eigenvalue weighted by molar-refractivity contribution is 0.0465. The summed E-state index contributed by atoms with van der Waals surface area (Å²) < 4.78 is 9.89. The van der Waals surface area contributed by atoms with Gasteiger partial charge in [0.25, 0.3) is 0 Å². The quantitative estimate of drug-likeness (QED) is 0.665. The summed E-state index contributed by atoms with van der Waals surface area (Å²) in [5.41, 5.74) is 1.91. The van der Waals surface area contributed by atoms with Crippen molar-refractivity contribution < 1.29 is 19.1 Å². The molecule has 3 rings (SSSR count). The zero-order valence-electron chi connectivity index (χ0n) is 13.5. The summed E-state index contributed by atoms with van der Waals surface area (Å²) >= 11 is 0. The highest BCUT2D eigenvalue weighted by atomic mass is 16.5. The van der Waals surface area contributed by atoms with Crippen LogP contribution in [0.4, 0.5) is 0 Å². The van der Waals surface area contributed by atoms with E-state index in [4.69, 9.17) is 4.74 Å². The van der Waals surface area contributed by atoms with Gasteiger partial charge in [0, 0.05) is 0 Å². The highest BCUT2D eigenvalue weighted by molar-refractivity contribution is 5.89. The second kappa shape index (κ2) is 7.39. The van der Waals surface area contributed by atoms with Gasteiger partial charge in [0.15, 0.2) is 5.69 Å². The molecule has 1 heterocycles. The number of hydrogen-bond acceptors (Lipinski definition) is 6. The van der Waals surface area contributed by atoms with Crippen molar-refractivity contribution in [3.63, 3.8) is 0 Å². The SMILES string of the molecule is COC(=O)c1cccc(COC(=O)c2cnn(-c3ccccc3)n2)c1. The van der Waals surface area contributed by atoms with Crippen LogP contribution in [0.1, 0.15) is 26.4 Å². The van der Waals surface area contributed by atoms with Crippen LogP contribution in [0.5, 0.6) is 0 Å². The average Bonchev–Trinajstić information content (AvgIpc) is 3.17. The molecule has 3 aromatic rings. The van der Waals surface area contributed by atoms with Crippen molar-refractivity contribution >= 4 is 11.9 Å². The molecule has 0 aliphatic heterocycles. The molecule has 0 unspecified atom stereocenters. The van der Waals surface area contributed by atoms with Crippen molar-refractivity contribution in [3.8, 4) is 5.69 Å². The fourth-order valence-electron chi connectivity index (χ4n) is 2.17. The molecule has 0 aliphatic carbocycles. The van der Waals surface area contributed by atoms with Gasteiger partial charge < -0.3 is 9.47 Å². The van der Waals surface area contributed by atoms with Gasteiger partial charge in [-0.15, -0.1) is 5.10 Å². The van der Waals surface area contributed by atoms with Crippen LogP contribution in [-0.2, 0) is 16.1 Å². The maximum atomic E-state index is 12.1. The van der Waals surface area contributed by atoms with Crippen LogP contribution in [0.15, 0.2) is 60.8 Å². The number of nitrogens with zero attached hydrogens (tertiary/aromatic N) is 3. The van der Waals surface area contributed by atoms with E-state index < -0.39 is 11.9 Å². The topological polar surface area (TPSA) is 83.3 Å². The Morgan fingerprint density at radius 1 is 1.04 bits per heavy atom. The summed E-state index contributed by atoms with van der Waals surface area (Å²) in [5, 5.41) is 8.16. The summed E-state index contributed by atoms with van der Waals surface area (Å²) in [6.45, 7) is 0.0157. The molecule has 0 saturated heterocycles. The third-order valence-electron chi connectivity index (χ3n) is 3.41. The zero-order valence-corrected chi connectivity index (χ0v) is 13.5. The van der Waals surface area contributed by atoms with Gasteiger partial charge in [0.05, 0.1) is 24.6 Å². The van der Waals surface area contributed by atoms with Crippen LogP contribution in [0.25, 0.3) is 5.69 Å². The van der Waals surface area contributed by atoms with Gasteiger partial charge in [-0.25, -0.2) is 9.59 Å². The molecule has 7 heteroatoms. The Bertz CT molecular complexity index is 890. The average molecular weight is 337 g/mol. The standard InChI is InChI=1S/C18H15N3O4/c1-24-17(22)14-7-5-6-13(10-14)12-25-18(23)16-11-19-21(20-16)15-8-3-2-4-9-15/h2-11H,12H2,1H3. The minimum Gasteiger partial charge on any atom is -0.465 e. The number of benzene rings is 2. The molecule has 7 nitrogen and oxygen atoms in total. The minimum atomic E-state index is -0.592. The Morgan fingerprint density at radius 2 is 1.84 bits per heavy atom. The van der Waals surface area contributed by atoms with Crippen LogP contribution in [0, 0.1) is 0 Å². The lowest BCUT2D eigenvalue weighted by Crippen LogP contribution is -2.08. The first-order valence-electron chi connectivity index (χ1n) is 7.49. The van der Waals surface area contributed by atoms with Crippen molar-refractivity contribution in [2.75, 3.05) is 7.11 Å². The Balaban J connectivity index is 1.65. The van der Waals surface area contributed by atoms with Gasteiger partial charge >= 0.3 is 11.9 Å².